The van der Waals surface area contributed by atoms with E-state index in [4.69, 9.17) is 4.74 Å². The molecular formula is C24H27N3O3S. The van der Waals surface area contributed by atoms with Crippen LogP contribution in [-0.4, -0.2) is 50.0 Å². The second-order valence-electron chi connectivity index (χ2n) is 7.71. The van der Waals surface area contributed by atoms with Crippen molar-refractivity contribution in [2.45, 2.75) is 24.2 Å². The number of nitrogens with zero attached hydrogens (tertiary/aromatic N) is 1. The van der Waals surface area contributed by atoms with Crippen LogP contribution in [0.3, 0.4) is 0 Å². The van der Waals surface area contributed by atoms with Crippen molar-refractivity contribution in [3.8, 4) is 5.75 Å². The zero-order valence-corrected chi connectivity index (χ0v) is 18.5. The summed E-state index contributed by atoms with van der Waals surface area (Å²) in [7, 11) is 1.62. The monoisotopic (exact) mass is 437 g/mol. The first-order valence-corrected chi connectivity index (χ1v) is 11.4. The largest absolute Gasteiger partial charge is 0.497 e. The number of hydrogen-bond donors (Lipinski definition) is 2. The first kappa shape index (κ1) is 21.5. The second-order valence-corrected chi connectivity index (χ2v) is 8.79. The minimum absolute atomic E-state index is 0.108. The molecule has 0 radical (unpaired) electrons. The van der Waals surface area contributed by atoms with E-state index < -0.39 is 0 Å². The molecule has 0 spiro atoms. The Morgan fingerprint density at radius 1 is 1.19 bits per heavy atom. The highest BCUT2D eigenvalue weighted by molar-refractivity contribution is 8.04. The fourth-order valence-electron chi connectivity index (χ4n) is 3.77. The zero-order valence-electron chi connectivity index (χ0n) is 17.6. The van der Waals surface area contributed by atoms with Crippen molar-refractivity contribution in [2.75, 3.05) is 38.6 Å². The van der Waals surface area contributed by atoms with Crippen molar-refractivity contribution in [2.24, 2.45) is 0 Å². The number of fused-ring (bicyclic) bond motifs is 1. The summed E-state index contributed by atoms with van der Waals surface area (Å²) in [6.45, 7) is 4.03. The lowest BCUT2D eigenvalue weighted by Gasteiger charge is -2.19. The van der Waals surface area contributed by atoms with Crippen molar-refractivity contribution < 1.29 is 14.3 Å². The van der Waals surface area contributed by atoms with E-state index in [-0.39, 0.29) is 11.8 Å². The Balaban J connectivity index is 1.36. The molecule has 1 saturated heterocycles. The maximum atomic E-state index is 12.6. The molecule has 0 unspecified atom stereocenters. The van der Waals surface area contributed by atoms with E-state index in [1.54, 1.807) is 13.2 Å². The summed E-state index contributed by atoms with van der Waals surface area (Å²) in [6, 6.07) is 13.0. The van der Waals surface area contributed by atoms with Crippen LogP contribution in [0.5, 0.6) is 5.75 Å². The number of hydrogen-bond acceptors (Lipinski definition) is 5. The van der Waals surface area contributed by atoms with E-state index in [2.05, 4.69) is 15.5 Å². The highest BCUT2D eigenvalue weighted by Gasteiger charge is 2.22. The van der Waals surface area contributed by atoms with Crippen LogP contribution in [0.25, 0.3) is 6.08 Å². The summed E-state index contributed by atoms with van der Waals surface area (Å²) >= 11 is 1.41. The highest BCUT2D eigenvalue weighted by atomic mass is 32.2. The SMILES string of the molecule is COc1ccc(/C=C2/Sc3ccc(C(=O)NCCCN4CCCC4)cc3NC2=O)cc1. The van der Waals surface area contributed by atoms with Gasteiger partial charge in [0.05, 0.1) is 17.7 Å². The molecule has 2 aliphatic rings. The van der Waals surface area contributed by atoms with Crippen molar-refractivity contribution in [1.82, 2.24) is 10.2 Å². The van der Waals surface area contributed by atoms with Gasteiger partial charge in [-0.05, 0) is 80.9 Å². The smallest absolute Gasteiger partial charge is 0.262 e. The Labute approximate surface area is 187 Å². The van der Waals surface area contributed by atoms with Crippen LogP contribution in [-0.2, 0) is 4.79 Å². The predicted octanol–water partition coefficient (Wildman–Crippen LogP) is 4.00. The Morgan fingerprint density at radius 3 is 2.71 bits per heavy atom. The number of carbonyl (C=O) groups is 2. The van der Waals surface area contributed by atoms with Gasteiger partial charge in [-0.1, -0.05) is 23.9 Å². The summed E-state index contributed by atoms with van der Waals surface area (Å²) in [5.74, 6) is 0.495. The molecule has 0 aromatic heterocycles. The molecule has 6 nitrogen and oxygen atoms in total. The molecule has 1 fully saturated rings. The number of anilines is 1. The molecule has 2 aliphatic heterocycles. The Bertz CT molecular complexity index is 982. The third kappa shape index (κ3) is 5.48. The molecule has 2 aromatic carbocycles. The van der Waals surface area contributed by atoms with Gasteiger partial charge in [0.1, 0.15) is 5.75 Å². The molecule has 31 heavy (non-hydrogen) atoms. The van der Waals surface area contributed by atoms with Crippen LogP contribution >= 0.6 is 11.8 Å². The van der Waals surface area contributed by atoms with E-state index in [1.165, 1.54) is 37.7 Å². The number of likely N-dealkylation sites (tertiary alicyclic amines) is 1. The number of carbonyl (C=O) groups excluding carboxylic acids is 2. The van der Waals surface area contributed by atoms with Gasteiger partial charge in [0.2, 0.25) is 0 Å². The maximum Gasteiger partial charge on any atom is 0.262 e. The topological polar surface area (TPSA) is 70.7 Å². The van der Waals surface area contributed by atoms with E-state index in [1.807, 2.05) is 42.5 Å². The lowest BCUT2D eigenvalue weighted by Crippen LogP contribution is -2.28. The summed E-state index contributed by atoms with van der Waals surface area (Å²) in [6.07, 6.45) is 5.36. The van der Waals surface area contributed by atoms with Gasteiger partial charge >= 0.3 is 0 Å². The Kier molecular flexibility index (Phi) is 6.94. The van der Waals surface area contributed by atoms with Crippen LogP contribution in [0.15, 0.2) is 52.3 Å². The van der Waals surface area contributed by atoms with Gasteiger partial charge in [-0.15, -0.1) is 0 Å². The van der Waals surface area contributed by atoms with E-state index in [0.717, 1.165) is 29.2 Å². The highest BCUT2D eigenvalue weighted by Crippen LogP contribution is 2.39. The van der Waals surface area contributed by atoms with Crippen LogP contribution in [0, 0.1) is 0 Å². The van der Waals surface area contributed by atoms with Gasteiger partial charge in [0.25, 0.3) is 11.8 Å². The molecule has 0 aliphatic carbocycles. The number of thioether (sulfide) groups is 1. The van der Waals surface area contributed by atoms with Gasteiger partial charge in [0.15, 0.2) is 0 Å². The minimum Gasteiger partial charge on any atom is -0.497 e. The van der Waals surface area contributed by atoms with Gasteiger partial charge in [-0.25, -0.2) is 0 Å². The Hall–Kier alpha value is -2.77. The van der Waals surface area contributed by atoms with E-state index >= 15 is 0 Å². The van der Waals surface area contributed by atoms with Crippen molar-refractivity contribution in [1.29, 1.82) is 0 Å². The molecule has 162 valence electrons. The molecule has 2 heterocycles. The molecule has 0 saturated carbocycles. The minimum atomic E-state index is -0.170. The van der Waals surface area contributed by atoms with Gasteiger partial charge < -0.3 is 20.3 Å². The fraction of sp³-hybridized carbons (Fsp3) is 0.333. The van der Waals surface area contributed by atoms with Gasteiger partial charge in [-0.3, -0.25) is 9.59 Å². The maximum absolute atomic E-state index is 12.6. The number of amides is 2. The molecule has 0 atom stereocenters. The quantitative estimate of drug-likeness (QED) is 0.506. The number of nitrogens with one attached hydrogen (secondary N) is 2. The van der Waals surface area contributed by atoms with Gasteiger partial charge in [-0.2, -0.15) is 0 Å². The van der Waals surface area contributed by atoms with Crippen LogP contribution < -0.4 is 15.4 Å². The summed E-state index contributed by atoms with van der Waals surface area (Å²) in [5, 5.41) is 5.90. The molecule has 7 heteroatoms. The molecule has 0 bridgehead atoms. The summed E-state index contributed by atoms with van der Waals surface area (Å²) in [4.78, 5) is 29.0. The average Bonchev–Trinajstić information content (AvgIpc) is 3.31. The lowest BCUT2D eigenvalue weighted by atomic mass is 10.1. The standard InChI is InChI=1S/C24H27N3O3S/c1-30-19-8-5-17(6-9-19)15-22-24(29)26-20-16-18(7-10-21(20)31-22)23(28)25-11-4-14-27-12-2-3-13-27/h5-10,15-16H,2-4,11-14H2,1H3,(H,25,28)(H,26,29)/b22-15+. The van der Waals surface area contributed by atoms with Crippen molar-refractivity contribution in [3.05, 3.63) is 58.5 Å². The molecule has 4 rings (SSSR count). The molecular weight excluding hydrogens is 410 g/mol. The Morgan fingerprint density at radius 2 is 1.97 bits per heavy atom. The lowest BCUT2D eigenvalue weighted by molar-refractivity contribution is -0.112. The van der Waals surface area contributed by atoms with Crippen LogP contribution in [0.1, 0.15) is 35.2 Å². The number of benzene rings is 2. The van der Waals surface area contributed by atoms with Crippen LogP contribution in [0.2, 0.25) is 0 Å². The van der Waals surface area contributed by atoms with Crippen LogP contribution in [0.4, 0.5) is 5.69 Å². The van der Waals surface area contributed by atoms with Gasteiger partial charge in [0, 0.05) is 17.0 Å². The average molecular weight is 438 g/mol. The molecule has 2 aromatic rings. The number of methoxy groups -OCH3 is 1. The van der Waals surface area contributed by atoms with Crippen molar-refractivity contribution >= 4 is 35.3 Å². The number of rotatable bonds is 7. The third-order valence-corrected chi connectivity index (χ3v) is 6.58. The second kappa shape index (κ2) is 10.0. The fourth-order valence-corrected chi connectivity index (χ4v) is 4.70. The predicted molar refractivity (Wildman–Crippen MR) is 125 cm³/mol. The first-order chi connectivity index (χ1) is 15.1. The first-order valence-electron chi connectivity index (χ1n) is 10.6. The van der Waals surface area contributed by atoms with Crippen molar-refractivity contribution in [3.63, 3.8) is 0 Å². The third-order valence-electron chi connectivity index (χ3n) is 5.48. The molecule has 2 N–H and O–H groups in total. The van der Waals surface area contributed by atoms with E-state index in [9.17, 15) is 9.59 Å². The zero-order chi connectivity index (χ0) is 21.6. The number of ether oxygens (including phenoxy) is 1. The normalized spacial score (nSPS) is 17.3. The summed E-state index contributed by atoms with van der Waals surface area (Å²) in [5.41, 5.74) is 2.15. The summed E-state index contributed by atoms with van der Waals surface area (Å²) < 4.78 is 5.17. The molecule has 2 amide bonds. The van der Waals surface area contributed by atoms with E-state index in [0.29, 0.717) is 22.7 Å².